The molecule has 0 aromatic heterocycles. The summed E-state index contributed by atoms with van der Waals surface area (Å²) in [5, 5.41) is 6.36. The number of halogens is 2. The number of carbonyl (C=O) groups is 1. The van der Waals surface area contributed by atoms with E-state index in [1.54, 1.807) is 12.1 Å². The molecule has 0 aliphatic carbocycles. The Morgan fingerprint density at radius 1 is 1.56 bits per heavy atom. The quantitative estimate of drug-likeness (QED) is 0.816. The Hall–Kier alpha value is -0.330. The standard InChI is InChI=1S/C11H14ClIN2O/c1-7(14-2)6-15-11(16)9-5-8(13)3-4-10(9)12/h3-5,7,14H,6H2,1-2H3,(H,15,16). The number of nitrogens with one attached hydrogen (secondary N) is 2. The lowest BCUT2D eigenvalue weighted by molar-refractivity contribution is 0.0950. The molecule has 88 valence electrons. The van der Waals surface area contributed by atoms with E-state index in [1.807, 2.05) is 20.0 Å². The molecule has 0 spiro atoms. The van der Waals surface area contributed by atoms with E-state index in [2.05, 4.69) is 33.2 Å². The lowest BCUT2D eigenvalue weighted by Crippen LogP contribution is -2.37. The Balaban J connectivity index is 2.69. The van der Waals surface area contributed by atoms with Crippen LogP contribution in [0.3, 0.4) is 0 Å². The lowest BCUT2D eigenvalue weighted by Gasteiger charge is -2.12. The van der Waals surface area contributed by atoms with Crippen LogP contribution in [-0.2, 0) is 0 Å². The summed E-state index contributed by atoms with van der Waals surface area (Å²) in [6.45, 7) is 2.58. The molecule has 1 aromatic rings. The highest BCUT2D eigenvalue weighted by molar-refractivity contribution is 14.1. The van der Waals surface area contributed by atoms with Crippen LogP contribution >= 0.6 is 34.2 Å². The molecule has 1 aromatic carbocycles. The minimum atomic E-state index is -0.134. The largest absolute Gasteiger partial charge is 0.350 e. The molecule has 0 radical (unpaired) electrons. The second kappa shape index (κ2) is 6.42. The van der Waals surface area contributed by atoms with Crippen LogP contribution < -0.4 is 10.6 Å². The maximum absolute atomic E-state index is 11.8. The summed E-state index contributed by atoms with van der Waals surface area (Å²) in [6, 6.07) is 5.63. The van der Waals surface area contributed by atoms with Crippen molar-refractivity contribution in [1.82, 2.24) is 10.6 Å². The molecule has 1 unspecified atom stereocenters. The smallest absolute Gasteiger partial charge is 0.252 e. The van der Waals surface area contributed by atoms with Crippen molar-refractivity contribution in [2.75, 3.05) is 13.6 Å². The van der Waals surface area contributed by atoms with Crippen LogP contribution in [0.5, 0.6) is 0 Å². The van der Waals surface area contributed by atoms with Gasteiger partial charge in [-0.1, -0.05) is 11.6 Å². The highest BCUT2D eigenvalue weighted by atomic mass is 127. The molecule has 0 bridgehead atoms. The third-order valence-corrected chi connectivity index (χ3v) is 3.24. The van der Waals surface area contributed by atoms with Crippen LogP contribution in [0.15, 0.2) is 18.2 Å². The van der Waals surface area contributed by atoms with Gasteiger partial charge in [0.05, 0.1) is 10.6 Å². The Bertz CT molecular complexity index is 384. The van der Waals surface area contributed by atoms with E-state index in [1.165, 1.54) is 0 Å². The van der Waals surface area contributed by atoms with Gasteiger partial charge in [0, 0.05) is 16.2 Å². The molecule has 1 amide bonds. The van der Waals surface area contributed by atoms with E-state index in [4.69, 9.17) is 11.6 Å². The van der Waals surface area contributed by atoms with Crippen LogP contribution in [0.25, 0.3) is 0 Å². The predicted molar refractivity (Wildman–Crippen MR) is 75.0 cm³/mol. The van der Waals surface area contributed by atoms with Gasteiger partial charge in [-0.05, 0) is 54.8 Å². The number of rotatable bonds is 4. The average molecular weight is 353 g/mol. The zero-order valence-corrected chi connectivity index (χ0v) is 12.1. The fraction of sp³-hybridized carbons (Fsp3) is 0.364. The van der Waals surface area contributed by atoms with Gasteiger partial charge in [-0.15, -0.1) is 0 Å². The molecule has 1 atom stereocenters. The van der Waals surface area contributed by atoms with Gasteiger partial charge in [-0.25, -0.2) is 0 Å². The minimum Gasteiger partial charge on any atom is -0.350 e. The fourth-order valence-corrected chi connectivity index (χ4v) is 1.81. The van der Waals surface area contributed by atoms with Crippen molar-refractivity contribution in [2.45, 2.75) is 13.0 Å². The van der Waals surface area contributed by atoms with E-state index in [0.29, 0.717) is 17.1 Å². The van der Waals surface area contributed by atoms with Crippen molar-refractivity contribution in [3.05, 3.63) is 32.4 Å². The van der Waals surface area contributed by atoms with Crippen molar-refractivity contribution < 1.29 is 4.79 Å². The van der Waals surface area contributed by atoms with Gasteiger partial charge < -0.3 is 10.6 Å². The Labute approximate surface area is 114 Å². The van der Waals surface area contributed by atoms with Gasteiger partial charge in [0.2, 0.25) is 0 Å². The Morgan fingerprint density at radius 2 is 2.25 bits per heavy atom. The first-order valence-corrected chi connectivity index (χ1v) is 6.40. The molecular formula is C11H14ClIN2O. The molecule has 0 fully saturated rings. The molecule has 3 nitrogen and oxygen atoms in total. The van der Waals surface area contributed by atoms with Crippen molar-refractivity contribution in [3.8, 4) is 0 Å². The summed E-state index contributed by atoms with van der Waals surface area (Å²) in [6.07, 6.45) is 0. The maximum Gasteiger partial charge on any atom is 0.252 e. The van der Waals surface area contributed by atoms with E-state index in [-0.39, 0.29) is 11.9 Å². The molecule has 0 aliphatic rings. The summed E-state index contributed by atoms with van der Waals surface area (Å²) in [5.41, 5.74) is 0.525. The molecule has 0 saturated heterocycles. The van der Waals surface area contributed by atoms with Gasteiger partial charge in [-0.3, -0.25) is 4.79 Å². The first-order valence-electron chi connectivity index (χ1n) is 4.95. The highest BCUT2D eigenvalue weighted by Gasteiger charge is 2.11. The van der Waals surface area contributed by atoms with Crippen LogP contribution in [0.4, 0.5) is 0 Å². The van der Waals surface area contributed by atoms with Crippen LogP contribution in [0, 0.1) is 3.57 Å². The number of hydrogen-bond acceptors (Lipinski definition) is 2. The van der Waals surface area contributed by atoms with E-state index < -0.39 is 0 Å². The molecule has 16 heavy (non-hydrogen) atoms. The third kappa shape index (κ3) is 3.92. The molecule has 2 N–H and O–H groups in total. The van der Waals surface area contributed by atoms with E-state index >= 15 is 0 Å². The number of carbonyl (C=O) groups excluding carboxylic acids is 1. The van der Waals surface area contributed by atoms with E-state index in [9.17, 15) is 4.79 Å². The Kier molecular flexibility index (Phi) is 5.51. The highest BCUT2D eigenvalue weighted by Crippen LogP contribution is 2.18. The van der Waals surface area contributed by atoms with Gasteiger partial charge >= 0.3 is 0 Å². The van der Waals surface area contributed by atoms with Crippen LogP contribution in [-0.4, -0.2) is 25.5 Å². The first kappa shape index (κ1) is 13.7. The third-order valence-electron chi connectivity index (χ3n) is 2.23. The summed E-state index contributed by atoms with van der Waals surface area (Å²) in [7, 11) is 1.86. The van der Waals surface area contributed by atoms with Gasteiger partial charge in [-0.2, -0.15) is 0 Å². The summed E-state index contributed by atoms with van der Waals surface area (Å²) < 4.78 is 0.994. The van der Waals surface area contributed by atoms with Crippen molar-refractivity contribution in [3.63, 3.8) is 0 Å². The van der Waals surface area contributed by atoms with E-state index in [0.717, 1.165) is 3.57 Å². The summed E-state index contributed by atoms with van der Waals surface area (Å²) >= 11 is 8.11. The maximum atomic E-state index is 11.8. The van der Waals surface area contributed by atoms with Gasteiger partial charge in [0.15, 0.2) is 0 Å². The fourth-order valence-electron chi connectivity index (χ4n) is 1.11. The number of amides is 1. The number of benzene rings is 1. The van der Waals surface area contributed by atoms with Crippen molar-refractivity contribution >= 4 is 40.1 Å². The second-order valence-electron chi connectivity index (χ2n) is 3.52. The van der Waals surface area contributed by atoms with Crippen LogP contribution in [0.1, 0.15) is 17.3 Å². The molecular weight excluding hydrogens is 338 g/mol. The topological polar surface area (TPSA) is 41.1 Å². The molecule has 1 rings (SSSR count). The SMILES string of the molecule is CNC(C)CNC(=O)c1cc(I)ccc1Cl. The monoisotopic (exact) mass is 352 g/mol. The second-order valence-corrected chi connectivity index (χ2v) is 5.18. The zero-order valence-electron chi connectivity index (χ0n) is 9.18. The average Bonchev–Trinajstić information content (AvgIpc) is 2.28. The van der Waals surface area contributed by atoms with Gasteiger partial charge in [0.25, 0.3) is 5.91 Å². The molecule has 0 heterocycles. The summed E-state index contributed by atoms with van der Waals surface area (Å²) in [4.78, 5) is 11.8. The zero-order chi connectivity index (χ0) is 12.1. The van der Waals surface area contributed by atoms with Crippen molar-refractivity contribution in [1.29, 1.82) is 0 Å². The molecule has 0 saturated carbocycles. The first-order chi connectivity index (χ1) is 7.54. The van der Waals surface area contributed by atoms with Gasteiger partial charge in [0.1, 0.15) is 0 Å². The summed E-state index contributed by atoms with van der Waals surface area (Å²) in [5.74, 6) is -0.134. The molecule has 0 aliphatic heterocycles. The lowest BCUT2D eigenvalue weighted by atomic mass is 10.2. The number of likely N-dealkylation sites (N-methyl/N-ethyl adjacent to an activating group) is 1. The molecule has 5 heteroatoms. The predicted octanol–water partition coefficient (Wildman–Crippen LogP) is 2.28. The van der Waals surface area contributed by atoms with Crippen molar-refractivity contribution in [2.24, 2.45) is 0 Å². The van der Waals surface area contributed by atoms with Crippen LogP contribution in [0.2, 0.25) is 5.02 Å². The minimum absolute atomic E-state index is 0.134. The number of hydrogen-bond donors (Lipinski definition) is 2. The Morgan fingerprint density at radius 3 is 2.88 bits per heavy atom. The normalized spacial score (nSPS) is 12.2.